The summed E-state index contributed by atoms with van der Waals surface area (Å²) in [6.45, 7) is 4.28. The Kier molecular flexibility index (Phi) is 4.35. The fourth-order valence-corrected chi connectivity index (χ4v) is 1.80. The minimum atomic E-state index is 0.421. The highest BCUT2D eigenvalue weighted by Crippen LogP contribution is 2.28. The molecule has 0 radical (unpaired) electrons. The molecular formula is C13H19NO. The lowest BCUT2D eigenvalue weighted by Crippen LogP contribution is -2.08. The molecule has 0 aromatic heterocycles. The van der Waals surface area contributed by atoms with Crippen molar-refractivity contribution >= 4 is 6.29 Å². The molecule has 1 aliphatic carbocycles. The monoisotopic (exact) mass is 205 g/mol. The molecule has 1 rings (SSSR count). The second-order valence-corrected chi connectivity index (χ2v) is 4.02. The number of hydrogen-bond donors (Lipinski definition) is 1. The number of carbonyl (C=O) groups is 1. The van der Waals surface area contributed by atoms with Crippen molar-refractivity contribution in [3.8, 4) is 0 Å². The van der Waals surface area contributed by atoms with Crippen LogP contribution in [-0.4, -0.2) is 13.3 Å². The molecule has 0 saturated carbocycles. The van der Waals surface area contributed by atoms with Crippen molar-refractivity contribution in [2.45, 2.75) is 26.7 Å². The molecule has 0 aromatic carbocycles. The average Bonchev–Trinajstić information content (AvgIpc) is 2.25. The van der Waals surface area contributed by atoms with Gasteiger partial charge in [0.25, 0.3) is 0 Å². The summed E-state index contributed by atoms with van der Waals surface area (Å²) in [5.41, 5.74) is 3.13. The Morgan fingerprint density at radius 2 is 2.07 bits per heavy atom. The third kappa shape index (κ3) is 2.82. The second kappa shape index (κ2) is 5.54. The first-order valence-electron chi connectivity index (χ1n) is 5.44. The van der Waals surface area contributed by atoms with Gasteiger partial charge in [-0.3, -0.25) is 4.79 Å². The highest BCUT2D eigenvalue weighted by molar-refractivity contribution is 5.83. The highest BCUT2D eigenvalue weighted by atomic mass is 16.1. The fourth-order valence-electron chi connectivity index (χ4n) is 1.80. The zero-order chi connectivity index (χ0) is 11.3. The molecule has 0 aliphatic heterocycles. The molecule has 0 atom stereocenters. The highest BCUT2D eigenvalue weighted by Gasteiger charge is 2.15. The van der Waals surface area contributed by atoms with Gasteiger partial charge in [0.1, 0.15) is 6.29 Å². The van der Waals surface area contributed by atoms with E-state index in [0.29, 0.717) is 5.92 Å². The molecule has 82 valence electrons. The van der Waals surface area contributed by atoms with E-state index in [2.05, 4.69) is 25.2 Å². The number of hydrogen-bond acceptors (Lipinski definition) is 2. The van der Waals surface area contributed by atoms with Gasteiger partial charge in [0.2, 0.25) is 0 Å². The van der Waals surface area contributed by atoms with E-state index in [0.717, 1.165) is 30.3 Å². The SMILES string of the molecule is CN/C=C(\C1=CCCC=C1C=O)C(C)C. The molecular weight excluding hydrogens is 186 g/mol. The van der Waals surface area contributed by atoms with Gasteiger partial charge in [0, 0.05) is 18.8 Å². The zero-order valence-corrected chi connectivity index (χ0v) is 9.71. The van der Waals surface area contributed by atoms with Crippen LogP contribution in [0.3, 0.4) is 0 Å². The van der Waals surface area contributed by atoms with Crippen molar-refractivity contribution in [1.29, 1.82) is 0 Å². The summed E-state index contributed by atoms with van der Waals surface area (Å²) in [6, 6.07) is 0. The van der Waals surface area contributed by atoms with Crippen LogP contribution in [0.4, 0.5) is 0 Å². The first-order chi connectivity index (χ1) is 7.20. The van der Waals surface area contributed by atoms with Gasteiger partial charge in [-0.05, 0) is 29.9 Å². The summed E-state index contributed by atoms with van der Waals surface area (Å²) in [5, 5.41) is 3.05. The van der Waals surface area contributed by atoms with Gasteiger partial charge in [-0.2, -0.15) is 0 Å². The Balaban J connectivity index is 3.02. The van der Waals surface area contributed by atoms with Crippen LogP contribution in [-0.2, 0) is 4.79 Å². The van der Waals surface area contributed by atoms with Gasteiger partial charge in [-0.25, -0.2) is 0 Å². The van der Waals surface area contributed by atoms with Crippen molar-refractivity contribution < 1.29 is 4.79 Å². The quantitative estimate of drug-likeness (QED) is 0.715. The van der Waals surface area contributed by atoms with Crippen molar-refractivity contribution in [2.75, 3.05) is 7.05 Å². The molecule has 2 heteroatoms. The predicted molar refractivity (Wildman–Crippen MR) is 63.4 cm³/mol. The lowest BCUT2D eigenvalue weighted by Gasteiger charge is -2.18. The summed E-state index contributed by atoms with van der Waals surface area (Å²) in [7, 11) is 1.88. The normalized spacial score (nSPS) is 17.2. The number of rotatable bonds is 4. The summed E-state index contributed by atoms with van der Waals surface area (Å²) >= 11 is 0. The molecule has 0 aromatic rings. The Bertz CT molecular complexity index is 321. The fraction of sp³-hybridized carbons (Fsp3) is 0.462. The lowest BCUT2D eigenvalue weighted by atomic mass is 9.87. The maximum absolute atomic E-state index is 10.9. The van der Waals surface area contributed by atoms with Gasteiger partial charge >= 0.3 is 0 Å². The van der Waals surface area contributed by atoms with Gasteiger partial charge in [0.15, 0.2) is 0 Å². The number of aldehydes is 1. The summed E-state index contributed by atoms with van der Waals surface area (Å²) in [6.07, 6.45) is 9.13. The van der Waals surface area contributed by atoms with Crippen LogP contribution >= 0.6 is 0 Å². The van der Waals surface area contributed by atoms with E-state index in [9.17, 15) is 4.79 Å². The van der Waals surface area contributed by atoms with Crippen LogP contribution in [0.15, 0.2) is 35.1 Å². The van der Waals surface area contributed by atoms with Crippen LogP contribution < -0.4 is 5.32 Å². The first-order valence-corrected chi connectivity index (χ1v) is 5.44. The van der Waals surface area contributed by atoms with Crippen molar-refractivity contribution in [3.05, 3.63) is 35.1 Å². The van der Waals surface area contributed by atoms with Crippen LogP contribution in [0, 0.1) is 5.92 Å². The smallest absolute Gasteiger partial charge is 0.150 e. The summed E-state index contributed by atoms with van der Waals surface area (Å²) in [5.74, 6) is 0.421. The van der Waals surface area contributed by atoms with E-state index in [1.807, 2.05) is 19.3 Å². The largest absolute Gasteiger partial charge is 0.394 e. The van der Waals surface area contributed by atoms with Crippen LogP contribution in [0.1, 0.15) is 26.7 Å². The molecule has 0 fully saturated rings. The minimum absolute atomic E-state index is 0.421. The Morgan fingerprint density at radius 3 is 2.60 bits per heavy atom. The van der Waals surface area contributed by atoms with Gasteiger partial charge in [-0.15, -0.1) is 0 Å². The maximum atomic E-state index is 10.9. The van der Waals surface area contributed by atoms with Crippen molar-refractivity contribution in [2.24, 2.45) is 5.92 Å². The van der Waals surface area contributed by atoms with E-state index in [1.54, 1.807) is 0 Å². The second-order valence-electron chi connectivity index (χ2n) is 4.02. The number of allylic oxidation sites excluding steroid dienone is 5. The number of nitrogens with one attached hydrogen (secondary N) is 1. The standard InChI is InChI=1S/C13H19NO/c1-10(2)13(8-14-3)12-7-5-4-6-11(12)9-15/h6-10,14H,4-5H2,1-3H3/b13-8-. The third-order valence-electron chi connectivity index (χ3n) is 2.55. The zero-order valence-electron chi connectivity index (χ0n) is 9.71. The van der Waals surface area contributed by atoms with E-state index in [-0.39, 0.29) is 0 Å². The molecule has 0 heterocycles. The molecule has 0 saturated heterocycles. The molecule has 1 aliphatic rings. The molecule has 0 unspecified atom stereocenters. The maximum Gasteiger partial charge on any atom is 0.150 e. The van der Waals surface area contributed by atoms with Crippen molar-refractivity contribution in [3.63, 3.8) is 0 Å². The van der Waals surface area contributed by atoms with Crippen molar-refractivity contribution in [1.82, 2.24) is 5.32 Å². The Labute approximate surface area is 91.8 Å². The van der Waals surface area contributed by atoms with E-state index in [4.69, 9.17) is 0 Å². The molecule has 1 N–H and O–H groups in total. The van der Waals surface area contributed by atoms with Gasteiger partial charge in [-0.1, -0.05) is 26.0 Å². The van der Waals surface area contributed by atoms with Crippen LogP contribution in [0.25, 0.3) is 0 Å². The molecule has 0 bridgehead atoms. The molecule has 2 nitrogen and oxygen atoms in total. The number of carbonyl (C=O) groups excluding carboxylic acids is 1. The molecule has 0 amide bonds. The van der Waals surface area contributed by atoms with Gasteiger partial charge < -0.3 is 5.32 Å². The Hall–Kier alpha value is -1.31. The summed E-state index contributed by atoms with van der Waals surface area (Å²) in [4.78, 5) is 10.9. The Morgan fingerprint density at radius 1 is 1.40 bits per heavy atom. The average molecular weight is 205 g/mol. The van der Waals surface area contributed by atoms with Gasteiger partial charge in [0.05, 0.1) is 0 Å². The lowest BCUT2D eigenvalue weighted by molar-refractivity contribution is -0.104. The van der Waals surface area contributed by atoms with Crippen LogP contribution in [0.2, 0.25) is 0 Å². The van der Waals surface area contributed by atoms with E-state index >= 15 is 0 Å². The predicted octanol–water partition coefficient (Wildman–Crippen LogP) is 2.59. The minimum Gasteiger partial charge on any atom is -0.394 e. The van der Waals surface area contributed by atoms with Crippen LogP contribution in [0.5, 0.6) is 0 Å². The molecule has 15 heavy (non-hydrogen) atoms. The third-order valence-corrected chi connectivity index (χ3v) is 2.55. The summed E-state index contributed by atoms with van der Waals surface area (Å²) < 4.78 is 0. The topological polar surface area (TPSA) is 29.1 Å². The van der Waals surface area contributed by atoms with E-state index < -0.39 is 0 Å². The first kappa shape index (κ1) is 11.8. The molecule has 0 spiro atoms. The van der Waals surface area contributed by atoms with E-state index in [1.165, 1.54) is 5.57 Å².